The van der Waals surface area contributed by atoms with Crippen LogP contribution >= 0.6 is 35.2 Å². The summed E-state index contributed by atoms with van der Waals surface area (Å²) >= 11 is -0.346. The van der Waals surface area contributed by atoms with E-state index in [4.69, 9.17) is 30.8 Å². The Bertz CT molecular complexity index is 2470. The molecule has 0 fully saturated rings. The predicted molar refractivity (Wildman–Crippen MR) is 269 cm³/mol. The first kappa shape index (κ1) is 46.7. The van der Waals surface area contributed by atoms with Gasteiger partial charge in [0.1, 0.15) is 0 Å². The fourth-order valence-corrected chi connectivity index (χ4v) is 13.3. The summed E-state index contributed by atoms with van der Waals surface area (Å²) in [7, 11) is 8.29. The van der Waals surface area contributed by atoms with Crippen molar-refractivity contribution in [1.82, 2.24) is 0 Å². The molecule has 0 radical (unpaired) electrons. The molecule has 4 aliphatic rings. The summed E-state index contributed by atoms with van der Waals surface area (Å²) in [6.45, 7) is 0.0718. The van der Waals surface area contributed by atoms with Crippen molar-refractivity contribution in [3.05, 3.63) is 251 Å². The fraction of sp³-hybridized carbons (Fsp3) is 0.127. The van der Waals surface area contributed by atoms with Crippen LogP contribution < -0.4 is 43.3 Å². The molecule has 2 atom stereocenters. The number of halogens is 2. The SMILES string of the molecule is N[C@@H](c1ccccc1)[C@@H](N)c1ccccc1.OCc1cc2c(P(c3ccccc3)c3ccccc3)cc1CCc1ccc(cc1P(c1ccccc1)c1ccccc1)CC2.[Cl][Ru][Cl]. The summed E-state index contributed by atoms with van der Waals surface area (Å²) in [5, 5.41) is 19.0. The van der Waals surface area contributed by atoms with Gasteiger partial charge >= 0.3 is 34.5 Å². The van der Waals surface area contributed by atoms with E-state index >= 15 is 0 Å². The van der Waals surface area contributed by atoms with E-state index in [1.165, 1.54) is 54.1 Å². The normalized spacial score (nSPS) is 12.9. The number of aryl methyl sites for hydroxylation is 4. The number of rotatable bonds is 10. The van der Waals surface area contributed by atoms with Crippen LogP contribution in [-0.4, -0.2) is 5.11 Å². The van der Waals surface area contributed by atoms with Gasteiger partial charge in [-0.15, -0.1) is 0 Å². The minimum absolute atomic E-state index is 0.0718. The van der Waals surface area contributed by atoms with Gasteiger partial charge in [0.15, 0.2) is 0 Å². The molecule has 0 heterocycles. The Morgan fingerprint density at radius 2 is 0.778 bits per heavy atom. The number of aliphatic hydroxyl groups excluding tert-OH is 1. The van der Waals surface area contributed by atoms with E-state index in [1.54, 1.807) is 0 Å². The monoisotopic (exact) mass is 990 g/mol. The fourth-order valence-electron chi connectivity index (χ4n) is 8.18. The molecule has 0 saturated carbocycles. The Balaban J connectivity index is 0.000000261. The number of hydrogen-bond donors (Lipinski definition) is 3. The maximum atomic E-state index is 10.6. The molecule has 4 bridgehead atoms. The predicted octanol–water partition coefficient (Wildman–Crippen LogP) is 10.3. The van der Waals surface area contributed by atoms with Crippen LogP contribution in [0, 0.1) is 0 Å². The van der Waals surface area contributed by atoms with E-state index in [9.17, 15) is 5.11 Å². The minimum atomic E-state index is -0.729. The summed E-state index contributed by atoms with van der Waals surface area (Å²) < 4.78 is 0. The summed E-state index contributed by atoms with van der Waals surface area (Å²) in [5.74, 6) is 0. The maximum absolute atomic E-state index is 10.6. The molecular weight excluding hydrogens is 939 g/mol. The number of benzene rings is 8. The van der Waals surface area contributed by atoms with Crippen LogP contribution in [0.1, 0.15) is 51.0 Å². The van der Waals surface area contributed by atoms with Gasteiger partial charge in [0.2, 0.25) is 0 Å². The van der Waals surface area contributed by atoms with Crippen molar-refractivity contribution in [1.29, 1.82) is 0 Å². The number of nitrogens with two attached hydrogens (primary N) is 2. The molecule has 3 nitrogen and oxygen atoms in total. The third-order valence-electron chi connectivity index (χ3n) is 11.4. The number of hydrogen-bond acceptors (Lipinski definition) is 3. The molecule has 320 valence electrons. The van der Waals surface area contributed by atoms with Gasteiger partial charge in [0.25, 0.3) is 0 Å². The Morgan fingerprint density at radius 3 is 1.17 bits per heavy atom. The number of aliphatic hydroxyl groups is 1. The Kier molecular flexibility index (Phi) is 17.9. The van der Waals surface area contributed by atoms with Crippen molar-refractivity contribution in [2.75, 3.05) is 0 Å². The zero-order valence-electron chi connectivity index (χ0n) is 35.0. The van der Waals surface area contributed by atoms with E-state index in [1.807, 2.05) is 60.7 Å². The van der Waals surface area contributed by atoms with Gasteiger partial charge in [0, 0.05) is 12.1 Å². The first-order valence-corrected chi connectivity index (χ1v) is 28.3. The van der Waals surface area contributed by atoms with Crippen molar-refractivity contribution in [3.63, 3.8) is 0 Å². The summed E-state index contributed by atoms with van der Waals surface area (Å²) in [6.07, 6.45) is 3.74. The zero-order chi connectivity index (χ0) is 43.8. The molecule has 8 aromatic rings. The van der Waals surface area contributed by atoms with Gasteiger partial charge in [-0.1, -0.05) is 206 Å². The third kappa shape index (κ3) is 12.3. The average molecular weight is 991 g/mol. The second-order valence-electron chi connectivity index (χ2n) is 15.3. The van der Waals surface area contributed by atoms with Gasteiger partial charge in [-0.3, -0.25) is 0 Å². The van der Waals surface area contributed by atoms with Crippen molar-refractivity contribution < 1.29 is 20.3 Å². The zero-order valence-corrected chi connectivity index (χ0v) is 40.0. The molecule has 4 aliphatic carbocycles. The standard InChI is InChI=1S/C41H36OP2.C14H16N2.2ClH.Ru/c42-30-35-28-34-24-22-31-21-23-32(40(27-31)43(36-13-5-1-6-14-36)37-15-7-2-8-16-37)25-26-33(35)29-41(34)44(38-17-9-3-10-18-38)39-19-11-4-12-20-39;15-13(11-7-3-1-4-8-11)14(16)12-9-5-2-6-10-12;;;/h1-21,23,27-29,42H,22,24-26,30H2;1-10,13-14H,15-16H2;2*1H;/q;;;;+2/p-2/t;13-,14-;;;/m.0.../s1. The van der Waals surface area contributed by atoms with Crippen molar-refractivity contribution in [3.8, 4) is 0 Å². The van der Waals surface area contributed by atoms with Gasteiger partial charge in [-0.2, -0.15) is 0 Å². The van der Waals surface area contributed by atoms with Crippen LogP contribution in [-0.2, 0) is 47.4 Å². The molecule has 5 N–H and O–H groups in total. The van der Waals surface area contributed by atoms with Crippen LogP contribution in [0.5, 0.6) is 0 Å². The van der Waals surface area contributed by atoms with Crippen LogP contribution in [0.3, 0.4) is 0 Å². The Labute approximate surface area is 391 Å². The van der Waals surface area contributed by atoms with Gasteiger partial charge in [-0.25, -0.2) is 0 Å². The second kappa shape index (κ2) is 24.1. The van der Waals surface area contributed by atoms with Crippen LogP contribution in [0.2, 0.25) is 0 Å². The van der Waals surface area contributed by atoms with Crippen LogP contribution in [0.4, 0.5) is 0 Å². The van der Waals surface area contributed by atoms with Crippen LogP contribution in [0.15, 0.2) is 212 Å². The van der Waals surface area contributed by atoms with Crippen molar-refractivity contribution in [2.45, 2.75) is 44.4 Å². The molecule has 8 heteroatoms. The average Bonchev–Trinajstić information content (AvgIpc) is 3.34. The van der Waals surface area contributed by atoms with Gasteiger partial charge < -0.3 is 16.6 Å². The quantitative estimate of drug-likeness (QED) is 0.0945. The molecule has 0 saturated heterocycles. The molecule has 0 aromatic heterocycles. The first-order valence-electron chi connectivity index (χ1n) is 21.1. The molecule has 0 amide bonds. The van der Waals surface area contributed by atoms with E-state index in [0.29, 0.717) is 0 Å². The van der Waals surface area contributed by atoms with E-state index < -0.39 is 15.8 Å². The van der Waals surface area contributed by atoms with Crippen molar-refractivity contribution in [2.24, 2.45) is 11.5 Å². The Morgan fingerprint density at radius 1 is 0.429 bits per heavy atom. The van der Waals surface area contributed by atoms with Crippen LogP contribution in [0.25, 0.3) is 0 Å². The molecule has 8 aromatic carbocycles. The second-order valence-corrected chi connectivity index (χ2v) is 22.3. The topological polar surface area (TPSA) is 72.3 Å². The molecule has 12 rings (SSSR count). The molecule has 0 aliphatic heterocycles. The molecule has 0 spiro atoms. The molecule has 0 unspecified atom stereocenters. The van der Waals surface area contributed by atoms with Gasteiger partial charge in [-0.05, 0) is 118 Å². The van der Waals surface area contributed by atoms with E-state index in [2.05, 4.69) is 152 Å². The van der Waals surface area contributed by atoms with Crippen molar-refractivity contribution >= 4 is 67.1 Å². The summed E-state index contributed by atoms with van der Waals surface area (Å²) in [6, 6.07) is 75.7. The summed E-state index contributed by atoms with van der Waals surface area (Å²) in [5.41, 5.74) is 20.9. The molecular formula is C55H52Cl2N2OP2Ru. The summed E-state index contributed by atoms with van der Waals surface area (Å²) in [4.78, 5) is 0. The Hall–Kier alpha value is -4.30. The van der Waals surface area contributed by atoms with Gasteiger partial charge in [0.05, 0.1) is 6.61 Å². The first-order chi connectivity index (χ1) is 31.0. The molecule has 63 heavy (non-hydrogen) atoms. The van der Waals surface area contributed by atoms with E-state index in [0.717, 1.165) is 42.4 Å². The van der Waals surface area contributed by atoms with E-state index in [-0.39, 0.29) is 33.8 Å². The third-order valence-corrected chi connectivity index (χ3v) is 16.4.